The predicted molar refractivity (Wildman–Crippen MR) is 124 cm³/mol. The summed E-state index contributed by atoms with van der Waals surface area (Å²) in [5, 5.41) is 13.1. The topological polar surface area (TPSA) is 91.7 Å². The Morgan fingerprint density at radius 3 is 2.55 bits per heavy atom. The number of para-hydroxylation sites is 1. The van der Waals surface area contributed by atoms with Crippen LogP contribution in [0.5, 0.6) is 0 Å². The molecule has 1 heterocycles. The Morgan fingerprint density at radius 2 is 1.77 bits per heavy atom. The van der Waals surface area contributed by atoms with Gasteiger partial charge in [-0.2, -0.15) is 5.10 Å². The molecule has 0 radical (unpaired) electrons. The molecular weight excluding hydrogens is 430 g/mol. The highest BCUT2D eigenvalue weighted by molar-refractivity contribution is 8.00. The Morgan fingerprint density at radius 1 is 1.03 bits per heavy atom. The van der Waals surface area contributed by atoms with E-state index in [1.165, 1.54) is 17.0 Å². The largest absolute Gasteiger partial charge is 0.478 e. The first-order valence-corrected chi connectivity index (χ1v) is 11.1. The molecule has 0 aliphatic heterocycles. The molecule has 6 nitrogen and oxygen atoms in total. The summed E-state index contributed by atoms with van der Waals surface area (Å²) in [6, 6.07) is 21.8. The van der Waals surface area contributed by atoms with Gasteiger partial charge in [-0.1, -0.05) is 54.2 Å². The minimum Gasteiger partial charge on any atom is -0.478 e. The van der Waals surface area contributed by atoms with Crippen molar-refractivity contribution in [3.8, 4) is 0 Å². The number of aromatic carboxylic acids is 1. The Labute approximate surface area is 186 Å². The third-order valence-electron chi connectivity index (χ3n) is 4.41. The van der Waals surface area contributed by atoms with Crippen LogP contribution in [0.2, 0.25) is 0 Å². The number of carbonyl (C=O) groups excluding carboxylic acids is 1. The van der Waals surface area contributed by atoms with Crippen molar-refractivity contribution in [1.82, 2.24) is 10.4 Å². The van der Waals surface area contributed by atoms with Gasteiger partial charge in [0.05, 0.1) is 22.0 Å². The van der Waals surface area contributed by atoms with E-state index < -0.39 is 5.97 Å². The molecule has 8 heteroatoms. The molecule has 1 amide bonds. The number of nitrogens with zero attached hydrogens (tertiary/aromatic N) is 2. The fraction of sp³-hybridized carbons (Fsp3) is 0.0435. The molecule has 0 spiro atoms. The van der Waals surface area contributed by atoms with Gasteiger partial charge in [0.25, 0.3) is 5.91 Å². The minimum absolute atomic E-state index is 0.121. The molecule has 0 saturated carbocycles. The molecule has 154 valence electrons. The lowest BCUT2D eigenvalue weighted by Gasteiger charge is -2.03. The standard InChI is InChI=1S/C23H17N3O3S2/c27-21(26-24-13-17-5-1-2-6-18(17)22(28)29)16-11-9-15(10-12-16)14-30-23-25-19-7-3-4-8-20(19)31-23/h1-13H,14H2,(H,26,27)(H,28,29). The van der Waals surface area contributed by atoms with E-state index in [1.54, 1.807) is 53.4 Å². The molecule has 0 fully saturated rings. The van der Waals surface area contributed by atoms with E-state index in [1.807, 2.05) is 30.3 Å². The highest BCUT2D eigenvalue weighted by Gasteiger charge is 2.08. The average molecular weight is 448 g/mol. The summed E-state index contributed by atoms with van der Waals surface area (Å²) < 4.78 is 2.18. The van der Waals surface area contributed by atoms with E-state index in [0.717, 1.165) is 21.2 Å². The molecule has 31 heavy (non-hydrogen) atoms. The van der Waals surface area contributed by atoms with Crippen LogP contribution < -0.4 is 5.43 Å². The number of thiazole rings is 1. The van der Waals surface area contributed by atoms with Crippen LogP contribution in [0.1, 0.15) is 31.8 Å². The fourth-order valence-corrected chi connectivity index (χ4v) is 4.86. The van der Waals surface area contributed by atoms with Crippen LogP contribution in [0, 0.1) is 0 Å². The number of carboxylic acids is 1. The second-order valence-electron chi connectivity index (χ2n) is 6.52. The number of benzene rings is 3. The number of amides is 1. The van der Waals surface area contributed by atoms with Crippen molar-refractivity contribution in [2.24, 2.45) is 5.10 Å². The molecule has 2 N–H and O–H groups in total. The van der Waals surface area contributed by atoms with Crippen LogP contribution in [0.3, 0.4) is 0 Å². The van der Waals surface area contributed by atoms with E-state index in [-0.39, 0.29) is 11.5 Å². The maximum absolute atomic E-state index is 12.3. The minimum atomic E-state index is -1.05. The summed E-state index contributed by atoms with van der Waals surface area (Å²) >= 11 is 3.33. The molecule has 0 aliphatic rings. The number of carbonyl (C=O) groups is 2. The van der Waals surface area contributed by atoms with Crippen molar-refractivity contribution in [3.05, 3.63) is 95.1 Å². The predicted octanol–water partition coefficient (Wildman–Crippen LogP) is 5.05. The number of rotatable bonds is 7. The van der Waals surface area contributed by atoms with E-state index in [4.69, 9.17) is 0 Å². The molecule has 0 aliphatic carbocycles. The summed E-state index contributed by atoms with van der Waals surface area (Å²) in [4.78, 5) is 28.1. The van der Waals surface area contributed by atoms with Gasteiger partial charge in [0, 0.05) is 16.9 Å². The SMILES string of the molecule is O=C(NN=Cc1ccccc1C(=O)O)c1ccc(CSc2nc3ccccc3s2)cc1. The Bertz CT molecular complexity index is 1230. The smallest absolute Gasteiger partial charge is 0.336 e. The van der Waals surface area contributed by atoms with E-state index in [9.17, 15) is 14.7 Å². The third kappa shape index (κ3) is 5.17. The van der Waals surface area contributed by atoms with Crippen LogP contribution in [0.25, 0.3) is 10.2 Å². The highest BCUT2D eigenvalue weighted by Crippen LogP contribution is 2.31. The van der Waals surface area contributed by atoms with E-state index in [0.29, 0.717) is 11.1 Å². The van der Waals surface area contributed by atoms with Gasteiger partial charge in [0.1, 0.15) is 0 Å². The number of nitrogens with one attached hydrogen (secondary N) is 1. The fourth-order valence-electron chi connectivity index (χ4n) is 2.84. The van der Waals surface area contributed by atoms with E-state index >= 15 is 0 Å². The molecule has 4 rings (SSSR count). The number of fused-ring (bicyclic) bond motifs is 1. The summed E-state index contributed by atoms with van der Waals surface area (Å²) in [7, 11) is 0. The number of hydrazone groups is 1. The van der Waals surface area contributed by atoms with Crippen molar-refractivity contribution in [2.75, 3.05) is 0 Å². The number of carboxylic acid groups (broad SMARTS) is 1. The van der Waals surface area contributed by atoms with Crippen LogP contribution in [0.15, 0.2) is 82.2 Å². The lowest BCUT2D eigenvalue weighted by Crippen LogP contribution is -2.17. The summed E-state index contributed by atoms with van der Waals surface area (Å²) in [6.07, 6.45) is 1.32. The van der Waals surface area contributed by atoms with Gasteiger partial charge in [-0.05, 0) is 35.9 Å². The molecule has 0 unspecified atom stereocenters. The van der Waals surface area contributed by atoms with Gasteiger partial charge in [-0.3, -0.25) is 4.79 Å². The zero-order valence-corrected chi connectivity index (χ0v) is 17.8. The number of hydrogen-bond donors (Lipinski definition) is 2. The van der Waals surface area contributed by atoms with Gasteiger partial charge >= 0.3 is 5.97 Å². The van der Waals surface area contributed by atoms with Crippen molar-refractivity contribution >= 4 is 51.4 Å². The van der Waals surface area contributed by atoms with Crippen molar-refractivity contribution in [2.45, 2.75) is 10.1 Å². The maximum Gasteiger partial charge on any atom is 0.336 e. The second kappa shape index (κ2) is 9.55. The first kappa shape index (κ1) is 20.8. The molecule has 0 bridgehead atoms. The molecule has 0 atom stereocenters. The van der Waals surface area contributed by atoms with Gasteiger partial charge in [0.15, 0.2) is 4.34 Å². The number of thioether (sulfide) groups is 1. The Hall–Kier alpha value is -3.49. The molecule has 4 aromatic rings. The molecule has 0 saturated heterocycles. The van der Waals surface area contributed by atoms with Gasteiger partial charge < -0.3 is 5.11 Å². The normalized spacial score (nSPS) is 11.1. The van der Waals surface area contributed by atoms with Crippen molar-refractivity contribution in [3.63, 3.8) is 0 Å². The number of aromatic nitrogens is 1. The Balaban J connectivity index is 1.34. The second-order valence-corrected chi connectivity index (χ2v) is 8.78. The molecule has 3 aromatic carbocycles. The quantitative estimate of drug-likeness (QED) is 0.235. The first-order valence-electron chi connectivity index (χ1n) is 9.33. The lowest BCUT2D eigenvalue weighted by atomic mass is 10.1. The first-order chi connectivity index (χ1) is 15.1. The van der Waals surface area contributed by atoms with Crippen LogP contribution in [-0.2, 0) is 5.75 Å². The van der Waals surface area contributed by atoms with Crippen LogP contribution in [-0.4, -0.2) is 28.2 Å². The Kier molecular flexibility index (Phi) is 6.40. The monoisotopic (exact) mass is 447 g/mol. The highest BCUT2D eigenvalue weighted by atomic mass is 32.2. The summed E-state index contributed by atoms with van der Waals surface area (Å²) in [5.41, 5.74) is 5.53. The third-order valence-corrected chi connectivity index (χ3v) is 6.66. The van der Waals surface area contributed by atoms with E-state index in [2.05, 4.69) is 21.6 Å². The summed E-state index contributed by atoms with van der Waals surface area (Å²) in [6.45, 7) is 0. The van der Waals surface area contributed by atoms with Gasteiger partial charge in [-0.25, -0.2) is 15.2 Å². The summed E-state index contributed by atoms with van der Waals surface area (Å²) in [5.74, 6) is -0.659. The van der Waals surface area contributed by atoms with Crippen LogP contribution in [0.4, 0.5) is 0 Å². The van der Waals surface area contributed by atoms with Gasteiger partial charge in [-0.15, -0.1) is 11.3 Å². The zero-order chi connectivity index (χ0) is 21.6. The lowest BCUT2D eigenvalue weighted by molar-refractivity contribution is 0.0696. The van der Waals surface area contributed by atoms with Crippen molar-refractivity contribution in [1.29, 1.82) is 0 Å². The van der Waals surface area contributed by atoms with Gasteiger partial charge in [0.2, 0.25) is 0 Å². The molecule has 1 aromatic heterocycles. The zero-order valence-electron chi connectivity index (χ0n) is 16.2. The van der Waals surface area contributed by atoms with Crippen LogP contribution >= 0.6 is 23.1 Å². The maximum atomic E-state index is 12.3. The average Bonchev–Trinajstić information content (AvgIpc) is 3.21. The molecular formula is C23H17N3O3S2. The number of hydrogen-bond acceptors (Lipinski definition) is 6. The van der Waals surface area contributed by atoms with Crippen molar-refractivity contribution < 1.29 is 14.7 Å².